The predicted molar refractivity (Wildman–Crippen MR) is 94.6 cm³/mol. The van der Waals surface area contributed by atoms with Crippen LogP contribution in [0, 0.1) is 6.92 Å². The molecule has 3 aromatic rings. The van der Waals surface area contributed by atoms with Crippen LogP contribution in [0.4, 0.5) is 5.13 Å². The van der Waals surface area contributed by atoms with E-state index in [4.69, 9.17) is 11.6 Å². The molecule has 0 aliphatic carbocycles. The van der Waals surface area contributed by atoms with Crippen molar-refractivity contribution in [1.29, 1.82) is 0 Å². The van der Waals surface area contributed by atoms with Gasteiger partial charge < -0.3 is 0 Å². The van der Waals surface area contributed by atoms with Crippen molar-refractivity contribution in [2.75, 3.05) is 5.32 Å². The number of amides is 1. The number of hydrogen-bond donors (Lipinski definition) is 1. The Balaban J connectivity index is 1.82. The number of aromatic nitrogens is 2. The molecular formula is C16H12ClN3OS2. The summed E-state index contributed by atoms with van der Waals surface area (Å²) in [6.45, 7) is 1.89. The highest BCUT2D eigenvalue weighted by Crippen LogP contribution is 2.30. The molecule has 0 unspecified atom stereocenters. The largest absolute Gasteiger partial charge is 0.298 e. The number of hydrogen-bond acceptors (Lipinski definition) is 5. The van der Waals surface area contributed by atoms with E-state index in [9.17, 15) is 4.79 Å². The Labute approximate surface area is 146 Å². The van der Waals surface area contributed by atoms with Crippen molar-refractivity contribution in [1.82, 2.24) is 9.97 Å². The molecule has 3 rings (SSSR count). The maximum atomic E-state index is 12.5. The molecular weight excluding hydrogens is 350 g/mol. The Kier molecular flexibility index (Phi) is 4.95. The van der Waals surface area contributed by atoms with Gasteiger partial charge in [0.15, 0.2) is 5.13 Å². The highest BCUT2D eigenvalue weighted by Gasteiger charge is 2.15. The number of benzene rings is 1. The topological polar surface area (TPSA) is 54.9 Å². The molecule has 1 N–H and O–H groups in total. The highest BCUT2D eigenvalue weighted by molar-refractivity contribution is 7.99. The van der Waals surface area contributed by atoms with E-state index in [1.807, 2.05) is 36.6 Å². The first-order chi connectivity index (χ1) is 11.1. The molecule has 0 saturated carbocycles. The third-order valence-corrected chi connectivity index (χ3v) is 5.04. The van der Waals surface area contributed by atoms with Gasteiger partial charge in [-0.25, -0.2) is 9.97 Å². The molecule has 0 atom stereocenters. The van der Waals surface area contributed by atoms with Crippen molar-refractivity contribution in [3.8, 4) is 0 Å². The third-order valence-electron chi connectivity index (χ3n) is 2.88. The molecule has 0 aliphatic heterocycles. The van der Waals surface area contributed by atoms with E-state index < -0.39 is 0 Å². The first-order valence-corrected chi connectivity index (χ1v) is 8.81. The Morgan fingerprint density at radius 2 is 2.04 bits per heavy atom. The van der Waals surface area contributed by atoms with Gasteiger partial charge in [0.25, 0.3) is 5.91 Å². The molecule has 4 nitrogen and oxygen atoms in total. The average Bonchev–Trinajstić information content (AvgIpc) is 2.95. The van der Waals surface area contributed by atoms with E-state index in [-0.39, 0.29) is 5.91 Å². The molecule has 0 bridgehead atoms. The number of carbonyl (C=O) groups is 1. The molecule has 2 heterocycles. The average molecular weight is 362 g/mol. The summed E-state index contributed by atoms with van der Waals surface area (Å²) >= 11 is 8.71. The second-order valence-electron chi connectivity index (χ2n) is 4.66. The Morgan fingerprint density at radius 1 is 1.26 bits per heavy atom. The second-order valence-corrected chi connectivity index (χ2v) is 7.02. The van der Waals surface area contributed by atoms with Crippen LogP contribution in [0.3, 0.4) is 0 Å². The van der Waals surface area contributed by atoms with Gasteiger partial charge in [-0.3, -0.25) is 10.1 Å². The minimum absolute atomic E-state index is 0.219. The fraction of sp³-hybridized carbons (Fsp3) is 0.0625. The molecule has 0 aliphatic rings. The molecule has 0 saturated heterocycles. The lowest BCUT2D eigenvalue weighted by Gasteiger charge is -2.07. The lowest BCUT2D eigenvalue weighted by Crippen LogP contribution is -2.13. The van der Waals surface area contributed by atoms with Crippen molar-refractivity contribution in [3.05, 3.63) is 64.3 Å². The molecule has 1 amide bonds. The maximum Gasteiger partial charge on any atom is 0.260 e. The van der Waals surface area contributed by atoms with Gasteiger partial charge in [0.2, 0.25) is 0 Å². The summed E-state index contributed by atoms with van der Waals surface area (Å²) in [6.07, 6.45) is 1.67. The fourth-order valence-corrected chi connectivity index (χ4v) is 3.52. The summed E-state index contributed by atoms with van der Waals surface area (Å²) in [5.41, 5.74) is 1.40. The van der Waals surface area contributed by atoms with Crippen molar-refractivity contribution >= 4 is 45.7 Å². The SMILES string of the molecule is Cc1csc(NC(=O)c2cccnc2Sc2ccc(Cl)cc2)n1. The van der Waals surface area contributed by atoms with Gasteiger partial charge in [-0.1, -0.05) is 23.4 Å². The summed E-state index contributed by atoms with van der Waals surface area (Å²) in [5, 5.41) is 6.59. The van der Waals surface area contributed by atoms with Crippen molar-refractivity contribution in [3.63, 3.8) is 0 Å². The number of thiazole rings is 1. The maximum absolute atomic E-state index is 12.5. The van der Waals surface area contributed by atoms with Gasteiger partial charge in [-0.05, 0) is 43.3 Å². The molecule has 0 radical (unpaired) electrons. The number of halogens is 1. The predicted octanol–water partition coefficient (Wildman–Crippen LogP) is 4.90. The number of aryl methyl sites for hydroxylation is 1. The van der Waals surface area contributed by atoms with Crippen LogP contribution in [0.25, 0.3) is 0 Å². The normalized spacial score (nSPS) is 10.5. The van der Waals surface area contributed by atoms with Crippen LogP contribution in [0.1, 0.15) is 16.1 Å². The third kappa shape index (κ3) is 4.10. The van der Waals surface area contributed by atoms with Crippen LogP contribution in [0.5, 0.6) is 0 Å². The van der Waals surface area contributed by atoms with Crippen LogP contribution in [-0.4, -0.2) is 15.9 Å². The summed E-state index contributed by atoms with van der Waals surface area (Å²) in [7, 11) is 0. The van der Waals surface area contributed by atoms with Crippen LogP contribution in [0.15, 0.2) is 57.9 Å². The van der Waals surface area contributed by atoms with Crippen molar-refractivity contribution in [2.45, 2.75) is 16.8 Å². The van der Waals surface area contributed by atoms with Crippen molar-refractivity contribution < 1.29 is 4.79 Å². The van der Waals surface area contributed by atoms with E-state index in [0.29, 0.717) is 20.7 Å². The Bertz CT molecular complexity index is 833. The second kappa shape index (κ2) is 7.12. The van der Waals surface area contributed by atoms with Crippen molar-refractivity contribution in [2.24, 2.45) is 0 Å². The first-order valence-electron chi connectivity index (χ1n) is 6.74. The number of nitrogens with one attached hydrogen (secondary N) is 1. The van der Waals surface area contributed by atoms with Gasteiger partial charge in [0, 0.05) is 21.5 Å². The van der Waals surface area contributed by atoms with Crippen LogP contribution in [0.2, 0.25) is 5.02 Å². The van der Waals surface area contributed by atoms with Gasteiger partial charge in [-0.15, -0.1) is 11.3 Å². The first kappa shape index (κ1) is 16.0. The van der Waals surface area contributed by atoms with Crippen LogP contribution in [-0.2, 0) is 0 Å². The molecule has 2 aromatic heterocycles. The van der Waals surface area contributed by atoms with E-state index >= 15 is 0 Å². The number of carbonyl (C=O) groups excluding carboxylic acids is 1. The summed E-state index contributed by atoms with van der Waals surface area (Å²) in [5.74, 6) is -0.219. The van der Waals surface area contributed by atoms with E-state index in [0.717, 1.165) is 10.6 Å². The highest BCUT2D eigenvalue weighted by atomic mass is 35.5. The molecule has 7 heteroatoms. The van der Waals surface area contributed by atoms with Crippen LogP contribution >= 0.6 is 34.7 Å². The minimum atomic E-state index is -0.219. The number of pyridine rings is 1. The fourth-order valence-electron chi connectivity index (χ4n) is 1.84. The Hall–Kier alpha value is -1.89. The zero-order chi connectivity index (χ0) is 16.2. The monoisotopic (exact) mass is 361 g/mol. The number of rotatable bonds is 4. The van der Waals surface area contributed by atoms with Gasteiger partial charge in [0.05, 0.1) is 11.3 Å². The van der Waals surface area contributed by atoms with Crippen LogP contribution < -0.4 is 5.32 Å². The zero-order valence-corrected chi connectivity index (χ0v) is 14.5. The minimum Gasteiger partial charge on any atom is -0.298 e. The molecule has 0 spiro atoms. The summed E-state index contributed by atoms with van der Waals surface area (Å²) < 4.78 is 0. The molecule has 1 aromatic carbocycles. The molecule has 23 heavy (non-hydrogen) atoms. The lowest BCUT2D eigenvalue weighted by molar-refractivity contribution is 0.102. The van der Waals surface area contributed by atoms with Gasteiger partial charge in [-0.2, -0.15) is 0 Å². The number of nitrogens with zero attached hydrogens (tertiary/aromatic N) is 2. The van der Waals surface area contributed by atoms with Gasteiger partial charge in [0.1, 0.15) is 5.03 Å². The molecule has 0 fully saturated rings. The van der Waals surface area contributed by atoms with E-state index in [2.05, 4.69) is 15.3 Å². The van der Waals surface area contributed by atoms with Gasteiger partial charge >= 0.3 is 0 Å². The summed E-state index contributed by atoms with van der Waals surface area (Å²) in [6, 6.07) is 10.9. The zero-order valence-electron chi connectivity index (χ0n) is 12.1. The Morgan fingerprint density at radius 3 is 2.74 bits per heavy atom. The summed E-state index contributed by atoms with van der Waals surface area (Å²) in [4.78, 5) is 22.0. The molecule has 116 valence electrons. The quantitative estimate of drug-likeness (QED) is 0.717. The van der Waals surface area contributed by atoms with E-state index in [1.54, 1.807) is 18.3 Å². The lowest BCUT2D eigenvalue weighted by atomic mass is 10.3. The van der Waals surface area contributed by atoms with E-state index in [1.165, 1.54) is 23.1 Å². The smallest absolute Gasteiger partial charge is 0.260 e. The number of anilines is 1. The standard InChI is InChI=1S/C16H12ClN3OS2/c1-10-9-22-16(19-10)20-14(21)13-3-2-8-18-15(13)23-12-6-4-11(17)5-7-12/h2-9H,1H3,(H,19,20,21).